The molecule has 2 aromatic heterocycles. The van der Waals surface area contributed by atoms with Crippen LogP contribution >= 0.6 is 0 Å². The zero-order valence-electron chi connectivity index (χ0n) is 15.0. The average Bonchev–Trinajstić information content (AvgIpc) is 3.19. The van der Waals surface area contributed by atoms with E-state index in [4.69, 9.17) is 4.42 Å². The van der Waals surface area contributed by atoms with Crippen LogP contribution in [-0.2, 0) is 11.3 Å². The first-order valence-electron chi connectivity index (χ1n) is 8.38. The van der Waals surface area contributed by atoms with Crippen LogP contribution in [0.1, 0.15) is 28.3 Å². The van der Waals surface area contributed by atoms with Gasteiger partial charge in [-0.25, -0.2) is 4.39 Å². The monoisotopic (exact) mass is 352 g/mol. The summed E-state index contributed by atoms with van der Waals surface area (Å²) >= 11 is 0. The van der Waals surface area contributed by atoms with Crippen LogP contribution in [0.15, 0.2) is 53.2 Å². The van der Waals surface area contributed by atoms with Gasteiger partial charge in [0.05, 0.1) is 18.5 Å². The van der Waals surface area contributed by atoms with Crippen LogP contribution in [0.2, 0.25) is 0 Å². The fourth-order valence-electron chi connectivity index (χ4n) is 2.86. The number of benzene rings is 1. The molecule has 1 aromatic carbocycles. The first-order chi connectivity index (χ1) is 12.4. The third-order valence-corrected chi connectivity index (χ3v) is 4.30. The van der Waals surface area contributed by atoms with Crippen molar-refractivity contribution >= 4 is 17.7 Å². The van der Waals surface area contributed by atoms with Crippen LogP contribution in [0.25, 0.3) is 6.08 Å². The average molecular weight is 352 g/mol. The molecule has 4 nitrogen and oxygen atoms in total. The minimum Gasteiger partial charge on any atom is -0.467 e. The second-order valence-corrected chi connectivity index (χ2v) is 6.30. The Kier molecular flexibility index (Phi) is 5.07. The Hall–Kier alpha value is -3.08. The zero-order valence-corrected chi connectivity index (χ0v) is 15.0. The van der Waals surface area contributed by atoms with Gasteiger partial charge in [-0.15, -0.1) is 0 Å². The van der Waals surface area contributed by atoms with Crippen LogP contribution in [0, 0.1) is 26.6 Å². The molecule has 0 unspecified atom stereocenters. The van der Waals surface area contributed by atoms with Gasteiger partial charge in [0.1, 0.15) is 11.6 Å². The molecule has 0 aliphatic carbocycles. The fourth-order valence-corrected chi connectivity index (χ4v) is 2.86. The van der Waals surface area contributed by atoms with Gasteiger partial charge in [0.15, 0.2) is 0 Å². The number of nitrogens with zero attached hydrogens (tertiary/aromatic N) is 1. The number of amides is 1. The predicted molar refractivity (Wildman–Crippen MR) is 101 cm³/mol. The van der Waals surface area contributed by atoms with E-state index in [1.807, 2.05) is 32.0 Å². The number of rotatable bonds is 5. The topological polar surface area (TPSA) is 47.2 Å². The summed E-state index contributed by atoms with van der Waals surface area (Å²) < 4.78 is 21.3. The predicted octanol–water partition coefficient (Wildman–Crippen LogP) is 4.85. The van der Waals surface area contributed by atoms with Crippen molar-refractivity contribution in [2.24, 2.45) is 0 Å². The highest BCUT2D eigenvalue weighted by Gasteiger charge is 2.10. The van der Waals surface area contributed by atoms with Crippen molar-refractivity contribution in [2.45, 2.75) is 27.3 Å². The van der Waals surface area contributed by atoms with Crippen molar-refractivity contribution in [1.82, 2.24) is 4.57 Å². The molecule has 1 N–H and O–H groups in total. The number of furan rings is 1. The smallest absolute Gasteiger partial charge is 0.248 e. The molecule has 0 saturated heterocycles. The molecule has 0 aliphatic heterocycles. The van der Waals surface area contributed by atoms with Gasteiger partial charge in [-0.2, -0.15) is 0 Å². The number of aromatic nitrogens is 1. The molecule has 5 heteroatoms. The maximum absolute atomic E-state index is 13.8. The maximum atomic E-state index is 13.8. The lowest BCUT2D eigenvalue weighted by molar-refractivity contribution is -0.111. The number of halogens is 1. The summed E-state index contributed by atoms with van der Waals surface area (Å²) in [4.78, 5) is 12.1. The molecule has 2 heterocycles. The number of aryl methyl sites for hydroxylation is 2. The molecule has 1 amide bonds. The van der Waals surface area contributed by atoms with Crippen molar-refractivity contribution in [1.29, 1.82) is 0 Å². The highest BCUT2D eigenvalue weighted by molar-refractivity contribution is 6.02. The number of anilines is 1. The SMILES string of the molecule is Cc1ccc(NC(=O)C=Cc2cc(C)n(Cc3ccco3)c2C)c(F)c1. The van der Waals surface area contributed by atoms with Crippen molar-refractivity contribution in [2.75, 3.05) is 5.32 Å². The van der Waals surface area contributed by atoms with Crippen molar-refractivity contribution in [3.05, 3.63) is 82.8 Å². The normalized spacial score (nSPS) is 11.2. The Labute approximate surface area is 152 Å². The van der Waals surface area contributed by atoms with Crippen LogP contribution in [0.3, 0.4) is 0 Å². The number of hydrogen-bond donors (Lipinski definition) is 1. The van der Waals surface area contributed by atoms with Gasteiger partial charge in [0.2, 0.25) is 5.91 Å². The molecule has 0 radical (unpaired) electrons. The molecule has 134 valence electrons. The third kappa shape index (κ3) is 3.94. The zero-order chi connectivity index (χ0) is 18.7. The van der Waals surface area contributed by atoms with Gasteiger partial charge >= 0.3 is 0 Å². The molecular formula is C21H21FN2O2. The fraction of sp³-hybridized carbons (Fsp3) is 0.190. The molecule has 0 spiro atoms. The van der Waals surface area contributed by atoms with E-state index >= 15 is 0 Å². The molecule has 0 bridgehead atoms. The van der Waals surface area contributed by atoms with Gasteiger partial charge in [-0.3, -0.25) is 4.79 Å². The molecule has 26 heavy (non-hydrogen) atoms. The minimum atomic E-state index is -0.441. The van der Waals surface area contributed by atoms with Crippen LogP contribution in [-0.4, -0.2) is 10.5 Å². The van der Waals surface area contributed by atoms with E-state index < -0.39 is 5.82 Å². The molecule has 3 aromatic rings. The van der Waals surface area contributed by atoms with Crippen LogP contribution in [0.5, 0.6) is 0 Å². The lowest BCUT2D eigenvalue weighted by Crippen LogP contribution is -2.09. The van der Waals surface area contributed by atoms with Crippen molar-refractivity contribution in [3.63, 3.8) is 0 Å². The largest absolute Gasteiger partial charge is 0.467 e. The van der Waals surface area contributed by atoms with E-state index in [1.165, 1.54) is 12.1 Å². The third-order valence-electron chi connectivity index (χ3n) is 4.30. The van der Waals surface area contributed by atoms with Gasteiger partial charge in [-0.05, 0) is 68.3 Å². The Morgan fingerprint density at radius 3 is 2.73 bits per heavy atom. The first-order valence-corrected chi connectivity index (χ1v) is 8.38. The second-order valence-electron chi connectivity index (χ2n) is 6.30. The summed E-state index contributed by atoms with van der Waals surface area (Å²) in [5.41, 5.74) is 4.02. The highest BCUT2D eigenvalue weighted by Crippen LogP contribution is 2.19. The maximum Gasteiger partial charge on any atom is 0.248 e. The van der Waals surface area contributed by atoms with E-state index in [0.29, 0.717) is 6.54 Å². The molecule has 0 aliphatic rings. The number of carbonyl (C=O) groups is 1. The van der Waals surface area contributed by atoms with Crippen LogP contribution < -0.4 is 5.32 Å². The summed E-state index contributed by atoms with van der Waals surface area (Å²) in [5, 5.41) is 2.56. The van der Waals surface area contributed by atoms with Gasteiger partial charge < -0.3 is 14.3 Å². The molecule has 0 atom stereocenters. The molecule has 0 saturated carbocycles. The minimum absolute atomic E-state index is 0.175. The van der Waals surface area contributed by atoms with Gasteiger partial charge in [0.25, 0.3) is 0 Å². The van der Waals surface area contributed by atoms with E-state index in [2.05, 4.69) is 9.88 Å². The number of carbonyl (C=O) groups excluding carboxylic acids is 1. The summed E-state index contributed by atoms with van der Waals surface area (Å²) in [6, 6.07) is 10.5. The van der Waals surface area contributed by atoms with E-state index in [1.54, 1.807) is 31.4 Å². The lowest BCUT2D eigenvalue weighted by Gasteiger charge is -2.07. The Balaban J connectivity index is 1.72. The standard InChI is InChI=1S/C21H21FN2O2/c1-14-6-8-20(19(22)11-14)23-21(25)9-7-17-12-15(2)24(16(17)3)13-18-5-4-10-26-18/h4-12H,13H2,1-3H3,(H,23,25). The molecular weight excluding hydrogens is 331 g/mol. The second kappa shape index (κ2) is 7.44. The molecule has 3 rings (SSSR count). The summed E-state index contributed by atoms with van der Waals surface area (Å²) in [7, 11) is 0. The number of hydrogen-bond acceptors (Lipinski definition) is 2. The summed E-state index contributed by atoms with van der Waals surface area (Å²) in [6.45, 7) is 6.44. The van der Waals surface area contributed by atoms with Gasteiger partial charge in [0, 0.05) is 17.5 Å². The Bertz CT molecular complexity index is 953. The Morgan fingerprint density at radius 1 is 1.23 bits per heavy atom. The first kappa shape index (κ1) is 17.7. The lowest BCUT2D eigenvalue weighted by atomic mass is 10.2. The van der Waals surface area contributed by atoms with Gasteiger partial charge in [-0.1, -0.05) is 6.07 Å². The highest BCUT2D eigenvalue weighted by atomic mass is 19.1. The van der Waals surface area contributed by atoms with E-state index in [-0.39, 0.29) is 11.6 Å². The van der Waals surface area contributed by atoms with Crippen molar-refractivity contribution in [3.8, 4) is 0 Å². The molecule has 0 fully saturated rings. The van der Waals surface area contributed by atoms with E-state index in [0.717, 1.165) is 28.3 Å². The number of nitrogens with one attached hydrogen (secondary N) is 1. The van der Waals surface area contributed by atoms with Crippen molar-refractivity contribution < 1.29 is 13.6 Å². The van der Waals surface area contributed by atoms with Crippen LogP contribution in [0.4, 0.5) is 10.1 Å². The quantitative estimate of drug-likeness (QED) is 0.668. The Morgan fingerprint density at radius 2 is 2.04 bits per heavy atom. The summed E-state index contributed by atoms with van der Waals surface area (Å²) in [6.07, 6.45) is 4.81. The summed E-state index contributed by atoms with van der Waals surface area (Å²) in [5.74, 6) is 0.0573. The van der Waals surface area contributed by atoms with E-state index in [9.17, 15) is 9.18 Å².